The number of nitrogens with zero attached hydrogens (tertiary/aromatic N) is 1. The zero-order chi connectivity index (χ0) is 13.2. The molecule has 0 aliphatic rings. The Bertz CT molecular complexity index is 523. The predicted molar refractivity (Wildman–Crippen MR) is 70.6 cm³/mol. The van der Waals surface area contributed by atoms with Gasteiger partial charge in [0.1, 0.15) is 5.82 Å². The molecule has 2 aromatic rings. The fourth-order valence-electron chi connectivity index (χ4n) is 2.07. The number of rotatable bonds is 3. The van der Waals surface area contributed by atoms with Crippen molar-refractivity contribution in [3.63, 3.8) is 0 Å². The first-order chi connectivity index (χ1) is 8.53. The van der Waals surface area contributed by atoms with Gasteiger partial charge in [-0.25, -0.2) is 4.39 Å². The summed E-state index contributed by atoms with van der Waals surface area (Å²) in [5.74, 6) is -0.353. The molecule has 0 radical (unpaired) electrons. The van der Waals surface area contributed by atoms with E-state index in [1.54, 1.807) is 12.3 Å². The van der Waals surface area contributed by atoms with Crippen LogP contribution >= 0.6 is 0 Å². The molecule has 0 saturated carbocycles. The lowest BCUT2D eigenvalue weighted by atomic mass is 9.75. The van der Waals surface area contributed by atoms with Gasteiger partial charge < -0.3 is 5.73 Å². The highest BCUT2D eigenvalue weighted by atomic mass is 19.1. The second-order valence-corrected chi connectivity index (χ2v) is 4.96. The molecule has 0 aliphatic carbocycles. The van der Waals surface area contributed by atoms with E-state index >= 15 is 0 Å². The van der Waals surface area contributed by atoms with Crippen molar-refractivity contribution in [2.75, 3.05) is 0 Å². The second-order valence-electron chi connectivity index (χ2n) is 4.96. The maximum absolute atomic E-state index is 13.7. The van der Waals surface area contributed by atoms with E-state index in [1.807, 2.05) is 44.2 Å². The van der Waals surface area contributed by atoms with Gasteiger partial charge in [-0.05, 0) is 11.6 Å². The Kier molecular flexibility index (Phi) is 3.43. The van der Waals surface area contributed by atoms with E-state index in [0.717, 1.165) is 5.56 Å². The normalized spacial score (nSPS) is 13.3. The highest BCUT2D eigenvalue weighted by Gasteiger charge is 2.31. The standard InChI is InChI=1S/C15H17FN2/c1-15(2,11-6-4-3-5-7-11)14(17)12-8-9-18-10-13(12)16/h3-10,14H,17H2,1-2H3. The predicted octanol–water partition coefficient (Wildman–Crippen LogP) is 3.20. The van der Waals surface area contributed by atoms with E-state index in [1.165, 1.54) is 6.20 Å². The van der Waals surface area contributed by atoms with Gasteiger partial charge in [0.25, 0.3) is 0 Å². The first kappa shape index (κ1) is 12.7. The molecule has 2 rings (SSSR count). The fourth-order valence-corrected chi connectivity index (χ4v) is 2.07. The van der Waals surface area contributed by atoms with Crippen LogP contribution in [0.25, 0.3) is 0 Å². The third-order valence-electron chi connectivity index (χ3n) is 3.43. The topological polar surface area (TPSA) is 38.9 Å². The Hall–Kier alpha value is -1.74. The lowest BCUT2D eigenvalue weighted by molar-refractivity contribution is 0.406. The van der Waals surface area contributed by atoms with Gasteiger partial charge in [-0.3, -0.25) is 4.98 Å². The largest absolute Gasteiger partial charge is 0.323 e. The minimum Gasteiger partial charge on any atom is -0.323 e. The fraction of sp³-hybridized carbons (Fsp3) is 0.267. The van der Waals surface area contributed by atoms with Crippen molar-refractivity contribution in [2.45, 2.75) is 25.3 Å². The molecular weight excluding hydrogens is 227 g/mol. The number of halogens is 1. The van der Waals surface area contributed by atoms with Gasteiger partial charge in [0.15, 0.2) is 0 Å². The van der Waals surface area contributed by atoms with Crippen LogP contribution in [0.2, 0.25) is 0 Å². The molecule has 1 aromatic carbocycles. The quantitative estimate of drug-likeness (QED) is 0.900. The number of hydrogen-bond donors (Lipinski definition) is 1. The van der Waals surface area contributed by atoms with Crippen LogP contribution in [-0.4, -0.2) is 4.98 Å². The van der Waals surface area contributed by atoms with Crippen LogP contribution in [0, 0.1) is 5.82 Å². The third-order valence-corrected chi connectivity index (χ3v) is 3.43. The van der Waals surface area contributed by atoms with Crippen LogP contribution in [0.1, 0.15) is 31.0 Å². The molecule has 1 unspecified atom stereocenters. The summed E-state index contributed by atoms with van der Waals surface area (Å²) in [5.41, 5.74) is 7.48. The minimum atomic E-state index is -0.414. The molecule has 0 amide bonds. The number of nitrogens with two attached hydrogens (primary N) is 1. The summed E-state index contributed by atoms with van der Waals surface area (Å²) in [5, 5.41) is 0. The molecule has 0 bridgehead atoms. The van der Waals surface area contributed by atoms with Gasteiger partial charge >= 0.3 is 0 Å². The van der Waals surface area contributed by atoms with Gasteiger partial charge in [0.2, 0.25) is 0 Å². The number of pyridine rings is 1. The molecule has 1 atom stereocenters. The van der Waals surface area contributed by atoms with Gasteiger partial charge in [0.05, 0.1) is 6.20 Å². The van der Waals surface area contributed by atoms with E-state index in [4.69, 9.17) is 5.73 Å². The maximum atomic E-state index is 13.7. The van der Waals surface area contributed by atoms with E-state index in [9.17, 15) is 4.39 Å². The van der Waals surface area contributed by atoms with Crippen LogP contribution < -0.4 is 5.73 Å². The molecule has 1 heterocycles. The summed E-state index contributed by atoms with van der Waals surface area (Å²) in [7, 11) is 0. The average molecular weight is 244 g/mol. The highest BCUT2D eigenvalue weighted by molar-refractivity contribution is 5.31. The van der Waals surface area contributed by atoms with E-state index in [2.05, 4.69) is 4.98 Å². The van der Waals surface area contributed by atoms with Crippen molar-refractivity contribution in [1.82, 2.24) is 4.98 Å². The van der Waals surface area contributed by atoms with E-state index < -0.39 is 6.04 Å². The lowest BCUT2D eigenvalue weighted by Gasteiger charge is -2.32. The van der Waals surface area contributed by atoms with Crippen molar-refractivity contribution in [3.05, 3.63) is 65.7 Å². The molecule has 0 fully saturated rings. The van der Waals surface area contributed by atoms with Gasteiger partial charge in [0, 0.05) is 23.2 Å². The van der Waals surface area contributed by atoms with Crippen LogP contribution in [0.4, 0.5) is 4.39 Å². The minimum absolute atomic E-state index is 0.344. The van der Waals surface area contributed by atoms with E-state index in [-0.39, 0.29) is 11.2 Å². The van der Waals surface area contributed by atoms with Crippen molar-refractivity contribution in [2.24, 2.45) is 5.73 Å². The first-order valence-electron chi connectivity index (χ1n) is 5.94. The van der Waals surface area contributed by atoms with Crippen LogP contribution in [0.15, 0.2) is 48.8 Å². The summed E-state index contributed by atoms with van der Waals surface area (Å²) in [6, 6.07) is 11.1. The number of hydrogen-bond acceptors (Lipinski definition) is 2. The Balaban J connectivity index is 2.39. The average Bonchev–Trinajstić information content (AvgIpc) is 2.39. The Morgan fingerprint density at radius 3 is 2.44 bits per heavy atom. The maximum Gasteiger partial charge on any atom is 0.146 e. The van der Waals surface area contributed by atoms with E-state index in [0.29, 0.717) is 5.56 Å². The molecule has 1 aromatic heterocycles. The van der Waals surface area contributed by atoms with Gasteiger partial charge in [-0.2, -0.15) is 0 Å². The van der Waals surface area contributed by atoms with Gasteiger partial charge in [-0.15, -0.1) is 0 Å². The molecular formula is C15H17FN2. The zero-order valence-electron chi connectivity index (χ0n) is 10.6. The molecule has 0 spiro atoms. The zero-order valence-corrected chi connectivity index (χ0v) is 10.6. The summed E-state index contributed by atoms with van der Waals surface area (Å²) in [6.07, 6.45) is 2.77. The van der Waals surface area contributed by atoms with Crippen molar-refractivity contribution < 1.29 is 4.39 Å². The summed E-state index contributed by atoms with van der Waals surface area (Å²) >= 11 is 0. The van der Waals surface area contributed by atoms with Crippen molar-refractivity contribution in [3.8, 4) is 0 Å². The smallest absolute Gasteiger partial charge is 0.146 e. The monoisotopic (exact) mass is 244 g/mol. The third kappa shape index (κ3) is 2.27. The lowest BCUT2D eigenvalue weighted by Crippen LogP contribution is -2.33. The molecule has 0 aliphatic heterocycles. The Labute approximate surface area is 107 Å². The van der Waals surface area contributed by atoms with Crippen molar-refractivity contribution >= 4 is 0 Å². The van der Waals surface area contributed by atoms with Gasteiger partial charge in [-0.1, -0.05) is 44.2 Å². The molecule has 94 valence electrons. The van der Waals surface area contributed by atoms with Crippen LogP contribution in [0.5, 0.6) is 0 Å². The summed E-state index contributed by atoms with van der Waals surface area (Å²) in [6.45, 7) is 4.04. The highest BCUT2D eigenvalue weighted by Crippen LogP contribution is 2.35. The SMILES string of the molecule is CC(C)(c1ccccc1)C(N)c1ccncc1F. The molecule has 18 heavy (non-hydrogen) atoms. The van der Waals surface area contributed by atoms with Crippen LogP contribution in [0.3, 0.4) is 0 Å². The van der Waals surface area contributed by atoms with Crippen molar-refractivity contribution in [1.29, 1.82) is 0 Å². The number of benzene rings is 1. The molecule has 2 nitrogen and oxygen atoms in total. The summed E-state index contributed by atoms with van der Waals surface area (Å²) < 4.78 is 13.7. The molecule has 0 saturated heterocycles. The molecule has 3 heteroatoms. The summed E-state index contributed by atoms with van der Waals surface area (Å²) in [4.78, 5) is 3.75. The number of aromatic nitrogens is 1. The first-order valence-corrected chi connectivity index (χ1v) is 5.94. The Morgan fingerprint density at radius 1 is 1.17 bits per heavy atom. The second kappa shape index (κ2) is 4.86. The molecule has 2 N–H and O–H groups in total. The van der Waals surface area contributed by atoms with Crippen LogP contribution in [-0.2, 0) is 5.41 Å². The Morgan fingerprint density at radius 2 is 1.83 bits per heavy atom.